The predicted octanol–water partition coefficient (Wildman–Crippen LogP) is 10.5. The third kappa shape index (κ3) is 14.9. The van der Waals surface area contributed by atoms with Crippen molar-refractivity contribution in [2.75, 3.05) is 17.2 Å². The third-order valence-electron chi connectivity index (χ3n) is 8.20. The summed E-state index contributed by atoms with van der Waals surface area (Å²) in [5.74, 6) is -1.85. The summed E-state index contributed by atoms with van der Waals surface area (Å²) < 4.78 is 5.46. The summed E-state index contributed by atoms with van der Waals surface area (Å²) in [6.07, 6.45) is 17.2. The normalized spacial score (nSPS) is 11.9. The first kappa shape index (κ1) is 41.7. The maximum Gasteiger partial charge on any atom is 0.338 e. The van der Waals surface area contributed by atoms with Crippen molar-refractivity contribution < 1.29 is 24.0 Å². The number of anilines is 2. The molecule has 0 bridgehead atoms. The van der Waals surface area contributed by atoms with Crippen molar-refractivity contribution in [1.82, 2.24) is 0 Å². The van der Waals surface area contributed by atoms with E-state index in [-0.39, 0.29) is 39.8 Å². The molecule has 2 aromatic carbocycles. The molecule has 49 heavy (non-hydrogen) atoms. The zero-order valence-corrected chi connectivity index (χ0v) is 30.8. The number of non-ortho nitro benzene ring substituents is 1. The summed E-state index contributed by atoms with van der Waals surface area (Å²) >= 11 is 12.3. The van der Waals surface area contributed by atoms with Gasteiger partial charge in [-0.15, -0.1) is 0 Å². The van der Waals surface area contributed by atoms with Crippen LogP contribution in [0.2, 0.25) is 5.02 Å². The molecule has 12 heteroatoms. The summed E-state index contributed by atoms with van der Waals surface area (Å²) in [6, 6.07) is 6.38. The molecule has 3 N–H and O–H groups in total. The van der Waals surface area contributed by atoms with Crippen molar-refractivity contribution >= 4 is 63.1 Å². The Morgan fingerprint density at radius 3 is 1.92 bits per heavy atom. The fourth-order valence-corrected chi connectivity index (χ4v) is 5.61. The highest BCUT2D eigenvalue weighted by Gasteiger charge is 2.36. The Morgan fingerprint density at radius 1 is 0.857 bits per heavy atom. The number of halogens is 2. The van der Waals surface area contributed by atoms with E-state index in [2.05, 4.69) is 17.6 Å². The summed E-state index contributed by atoms with van der Waals surface area (Å²) in [5, 5.41) is 24.2. The number of ether oxygens (including phenoxy) is 1. The van der Waals surface area contributed by atoms with E-state index in [0.29, 0.717) is 0 Å². The number of carbonyl (C=O) groups excluding carboxylic acids is 3. The zero-order valence-electron chi connectivity index (χ0n) is 29.3. The molecule has 1 amide bonds. The smallest absolute Gasteiger partial charge is 0.338 e. The van der Waals surface area contributed by atoms with Crippen molar-refractivity contribution in [1.29, 1.82) is 5.41 Å². The van der Waals surface area contributed by atoms with Crippen LogP contribution >= 0.6 is 23.2 Å². The van der Waals surface area contributed by atoms with Crippen LogP contribution in [-0.2, 0) is 14.3 Å². The van der Waals surface area contributed by atoms with Crippen LogP contribution in [-0.4, -0.2) is 40.4 Å². The molecule has 0 heterocycles. The first-order valence-corrected chi connectivity index (χ1v) is 18.1. The third-order valence-corrected chi connectivity index (χ3v) is 8.74. The Balaban J connectivity index is 1.92. The fraction of sp³-hybridized carbons (Fsp3) is 0.568. The number of ketones is 1. The summed E-state index contributed by atoms with van der Waals surface area (Å²) in [4.78, 5) is 50.4. The van der Waals surface area contributed by atoms with Crippen LogP contribution in [0, 0.1) is 20.9 Å². The van der Waals surface area contributed by atoms with Crippen LogP contribution in [0.4, 0.5) is 17.1 Å². The van der Waals surface area contributed by atoms with Crippen molar-refractivity contribution in [3.63, 3.8) is 0 Å². The van der Waals surface area contributed by atoms with Gasteiger partial charge in [0.2, 0.25) is 0 Å². The maximum absolute atomic E-state index is 13.6. The Bertz CT molecular complexity index is 1430. The number of nitrogens with one attached hydrogen (secondary N) is 3. The lowest BCUT2D eigenvalue weighted by molar-refractivity contribution is -0.384. The number of carbonyl (C=O) groups is 3. The number of nitrogens with zero attached hydrogens (tertiary/aromatic N) is 1. The molecule has 0 saturated carbocycles. The Morgan fingerprint density at radius 2 is 1.41 bits per heavy atom. The number of nitro groups is 1. The van der Waals surface area contributed by atoms with Gasteiger partial charge < -0.3 is 15.4 Å². The average molecular weight is 720 g/mol. The van der Waals surface area contributed by atoms with E-state index < -0.39 is 39.2 Å². The maximum atomic E-state index is 13.6. The molecular formula is C37H52Cl2N4O6. The lowest BCUT2D eigenvalue weighted by Gasteiger charge is -2.26. The number of nitro benzene ring substituents is 1. The summed E-state index contributed by atoms with van der Waals surface area (Å²) in [6.45, 7) is 7.44. The van der Waals surface area contributed by atoms with Crippen LogP contribution < -0.4 is 10.6 Å². The second-order valence-corrected chi connectivity index (χ2v) is 14.2. The summed E-state index contributed by atoms with van der Waals surface area (Å²) in [7, 11) is 0. The van der Waals surface area contributed by atoms with Gasteiger partial charge in [-0.25, -0.2) is 4.79 Å². The molecule has 270 valence electrons. The number of rotatable bonds is 23. The molecule has 0 aromatic heterocycles. The molecule has 0 aliphatic heterocycles. The van der Waals surface area contributed by atoms with Crippen LogP contribution in [0.15, 0.2) is 36.4 Å². The Labute approximate surface area is 300 Å². The minimum atomic E-state index is -1.50. The molecule has 0 spiro atoms. The molecule has 2 rings (SSSR count). The molecule has 1 unspecified atom stereocenters. The Hall–Kier alpha value is -3.50. The molecule has 0 saturated heterocycles. The van der Waals surface area contributed by atoms with Crippen molar-refractivity contribution in [2.24, 2.45) is 5.41 Å². The number of hydrogen-bond donors (Lipinski definition) is 3. The van der Waals surface area contributed by atoms with Gasteiger partial charge in [-0.3, -0.25) is 25.1 Å². The van der Waals surface area contributed by atoms with Gasteiger partial charge in [-0.1, -0.05) is 134 Å². The number of esters is 1. The van der Waals surface area contributed by atoms with Crippen LogP contribution in [0.1, 0.15) is 134 Å². The van der Waals surface area contributed by atoms with E-state index in [9.17, 15) is 24.5 Å². The highest BCUT2D eigenvalue weighted by Crippen LogP contribution is 2.29. The van der Waals surface area contributed by atoms with Gasteiger partial charge in [-0.2, -0.15) is 0 Å². The topological polar surface area (TPSA) is 151 Å². The van der Waals surface area contributed by atoms with E-state index in [1.807, 2.05) is 0 Å². The lowest BCUT2D eigenvalue weighted by Crippen LogP contribution is -2.46. The first-order chi connectivity index (χ1) is 23.3. The van der Waals surface area contributed by atoms with Crippen molar-refractivity contribution in [3.05, 3.63) is 62.7 Å². The van der Waals surface area contributed by atoms with Crippen molar-refractivity contribution in [3.8, 4) is 0 Å². The van der Waals surface area contributed by atoms with E-state index in [1.165, 1.54) is 101 Å². The zero-order chi connectivity index (χ0) is 36.4. The first-order valence-electron chi connectivity index (χ1n) is 17.4. The van der Waals surface area contributed by atoms with Gasteiger partial charge in [0.25, 0.3) is 11.6 Å². The average Bonchev–Trinajstić information content (AvgIpc) is 3.05. The molecule has 1 atom stereocenters. The fourth-order valence-electron chi connectivity index (χ4n) is 5.29. The highest BCUT2D eigenvalue weighted by molar-refractivity contribution is 6.69. The monoisotopic (exact) mass is 718 g/mol. The largest absolute Gasteiger partial charge is 0.462 e. The van der Waals surface area contributed by atoms with Gasteiger partial charge in [0.1, 0.15) is 5.17 Å². The van der Waals surface area contributed by atoms with Gasteiger partial charge >= 0.3 is 5.97 Å². The second-order valence-electron chi connectivity index (χ2n) is 13.4. The van der Waals surface area contributed by atoms with Crippen LogP contribution in [0.3, 0.4) is 0 Å². The number of Topliss-reactive ketones (excluding diaryl/α,β-unsaturated/α-hetero) is 1. The lowest BCUT2D eigenvalue weighted by atomic mass is 9.86. The number of benzene rings is 2. The molecule has 0 fully saturated rings. The van der Waals surface area contributed by atoms with Crippen LogP contribution in [0.25, 0.3) is 0 Å². The van der Waals surface area contributed by atoms with E-state index >= 15 is 0 Å². The van der Waals surface area contributed by atoms with E-state index in [4.69, 9.17) is 33.3 Å². The standard InChI is InChI=1S/C37H52Cl2N4O6/c1-5-6-7-8-9-10-11-12-13-14-15-16-17-18-23-49-36(46)26-19-21-29(38)31(24-26)42-35(45)32(33(44)37(2,3)4)41-30-22-20-27(43(47)48)25-28(30)34(39)40/h19-22,24-25,32,40-41H,5-18,23H2,1-4H3,(H,42,45). The Kier molecular flexibility index (Phi) is 18.3. The van der Waals surface area contributed by atoms with Crippen LogP contribution in [0.5, 0.6) is 0 Å². The van der Waals surface area contributed by atoms with Gasteiger partial charge in [0, 0.05) is 28.8 Å². The van der Waals surface area contributed by atoms with E-state index in [0.717, 1.165) is 25.3 Å². The number of hydrogen-bond acceptors (Lipinski definition) is 8. The number of unbranched alkanes of at least 4 members (excludes halogenated alkanes) is 13. The van der Waals surface area contributed by atoms with Crippen molar-refractivity contribution in [2.45, 2.75) is 124 Å². The predicted molar refractivity (Wildman–Crippen MR) is 198 cm³/mol. The van der Waals surface area contributed by atoms with Gasteiger partial charge in [0.05, 0.1) is 27.8 Å². The SMILES string of the molecule is CCCCCCCCCCCCCCCCOC(=O)c1ccc(Cl)c(NC(=O)C(Nc2ccc([N+](=O)[O-])cc2C(=N)Cl)C(=O)C(C)(C)C)c1. The van der Waals surface area contributed by atoms with Gasteiger partial charge in [-0.05, 0) is 30.7 Å². The quantitative estimate of drug-likeness (QED) is 0.0258. The molecule has 0 aliphatic carbocycles. The highest BCUT2D eigenvalue weighted by atomic mass is 35.5. The summed E-state index contributed by atoms with van der Waals surface area (Å²) in [5.41, 5.74) is -0.987. The molecular weight excluding hydrogens is 667 g/mol. The number of amides is 1. The minimum absolute atomic E-state index is 0.0584. The molecule has 0 radical (unpaired) electrons. The van der Waals surface area contributed by atoms with Gasteiger partial charge in [0.15, 0.2) is 11.8 Å². The second kappa shape index (κ2) is 21.6. The minimum Gasteiger partial charge on any atom is -0.462 e. The molecule has 10 nitrogen and oxygen atoms in total. The van der Waals surface area contributed by atoms with E-state index in [1.54, 1.807) is 20.8 Å². The molecule has 2 aromatic rings. The molecule has 0 aliphatic rings.